The maximum absolute atomic E-state index is 13.7. The summed E-state index contributed by atoms with van der Waals surface area (Å²) >= 11 is 0. The number of hydrogen-bond acceptors (Lipinski definition) is 15. The molecule has 2 saturated heterocycles. The Bertz CT molecular complexity index is 2090. The molecule has 2 fully saturated rings. The van der Waals surface area contributed by atoms with Crippen molar-refractivity contribution in [2.45, 2.75) is 102 Å². The van der Waals surface area contributed by atoms with E-state index < -0.39 is 79.3 Å². The second-order valence-electron chi connectivity index (χ2n) is 14.6. The van der Waals surface area contributed by atoms with E-state index in [-0.39, 0.29) is 33.0 Å². The minimum Gasteiger partial charge on any atom is -0.497 e. The van der Waals surface area contributed by atoms with Crippen molar-refractivity contribution in [1.29, 1.82) is 0 Å². The molecule has 4 aromatic carbocycles. The van der Waals surface area contributed by atoms with Gasteiger partial charge in [-0.2, -0.15) is 0 Å². The number of ether oxygens (including phenoxy) is 11. The average molecular weight is 870 g/mol. The zero-order chi connectivity index (χ0) is 44.6. The van der Waals surface area contributed by atoms with Gasteiger partial charge in [0.15, 0.2) is 18.5 Å². The van der Waals surface area contributed by atoms with Crippen LogP contribution in [0.25, 0.3) is 10.4 Å². The number of benzene rings is 4. The first kappa shape index (κ1) is 46.6. The predicted octanol–water partition coefficient (Wildman–Crippen LogP) is 6.15. The van der Waals surface area contributed by atoms with Gasteiger partial charge in [-0.3, -0.25) is 9.59 Å². The smallest absolute Gasteiger partial charge is 0.338 e. The lowest BCUT2D eigenvalue weighted by Crippen LogP contribution is -2.66. The van der Waals surface area contributed by atoms with E-state index in [2.05, 4.69) is 10.0 Å². The zero-order valence-corrected chi connectivity index (χ0v) is 35.3. The molecule has 0 aliphatic carbocycles. The van der Waals surface area contributed by atoms with Crippen molar-refractivity contribution in [1.82, 2.24) is 0 Å². The number of methoxy groups -OCH3 is 2. The monoisotopic (exact) mass is 869 g/mol. The van der Waals surface area contributed by atoms with Gasteiger partial charge in [-0.05, 0) is 39.9 Å². The molecule has 2 heterocycles. The van der Waals surface area contributed by atoms with Gasteiger partial charge < -0.3 is 52.1 Å². The number of hydrogen-bond donors (Lipinski definition) is 0. The van der Waals surface area contributed by atoms with Gasteiger partial charge in [-0.25, -0.2) is 4.79 Å². The summed E-state index contributed by atoms with van der Waals surface area (Å²) in [6.45, 7) is 2.52. The number of esters is 3. The molecule has 0 aromatic heterocycles. The van der Waals surface area contributed by atoms with Crippen molar-refractivity contribution in [3.63, 3.8) is 0 Å². The van der Waals surface area contributed by atoms with Gasteiger partial charge in [0.25, 0.3) is 0 Å². The maximum atomic E-state index is 13.7. The van der Waals surface area contributed by atoms with E-state index >= 15 is 0 Å². The van der Waals surface area contributed by atoms with E-state index in [1.54, 1.807) is 19.2 Å². The fraction of sp³-hybridized carbons (Fsp3) is 0.413. The molecule has 0 amide bonds. The second kappa shape index (κ2) is 23.5. The van der Waals surface area contributed by atoms with Crippen molar-refractivity contribution < 1.29 is 66.5 Å². The molecule has 4 aromatic rings. The predicted molar refractivity (Wildman–Crippen MR) is 222 cm³/mol. The van der Waals surface area contributed by atoms with Gasteiger partial charge in [0.1, 0.15) is 42.3 Å². The van der Waals surface area contributed by atoms with Crippen LogP contribution in [0.5, 0.6) is 5.75 Å². The summed E-state index contributed by atoms with van der Waals surface area (Å²) < 4.78 is 67.1. The van der Waals surface area contributed by atoms with Crippen molar-refractivity contribution in [3.8, 4) is 5.75 Å². The Labute approximate surface area is 364 Å². The number of nitrogens with zero attached hydrogens (tertiary/aromatic N) is 3. The third-order valence-corrected chi connectivity index (χ3v) is 10.2. The third kappa shape index (κ3) is 13.1. The molecule has 0 bridgehead atoms. The summed E-state index contributed by atoms with van der Waals surface area (Å²) in [5, 5.41) is 4.16. The molecule has 17 heteroatoms. The van der Waals surface area contributed by atoms with E-state index in [1.165, 1.54) is 0 Å². The van der Waals surface area contributed by atoms with E-state index in [0.29, 0.717) is 11.3 Å². The Hall–Kier alpha value is -5.88. The minimum absolute atomic E-state index is 0.0592. The Balaban J connectivity index is 1.41. The van der Waals surface area contributed by atoms with Crippen LogP contribution in [0.15, 0.2) is 120 Å². The number of rotatable bonds is 20. The second-order valence-corrected chi connectivity index (χ2v) is 14.6. The Kier molecular flexibility index (Phi) is 17.4. The summed E-state index contributed by atoms with van der Waals surface area (Å²) in [7, 11) is 2.72. The highest BCUT2D eigenvalue weighted by Crippen LogP contribution is 2.36. The van der Waals surface area contributed by atoms with Crippen molar-refractivity contribution in [2.75, 3.05) is 20.8 Å². The van der Waals surface area contributed by atoms with Crippen molar-refractivity contribution >= 4 is 17.9 Å². The van der Waals surface area contributed by atoms with Crippen molar-refractivity contribution in [3.05, 3.63) is 148 Å². The van der Waals surface area contributed by atoms with Crippen LogP contribution in [0, 0.1) is 0 Å². The largest absolute Gasteiger partial charge is 0.497 e. The quantitative estimate of drug-likeness (QED) is 0.0322. The summed E-state index contributed by atoms with van der Waals surface area (Å²) in [6.07, 6.45) is -12.1. The van der Waals surface area contributed by atoms with Crippen LogP contribution in [0.1, 0.15) is 36.1 Å². The molecule has 2 aliphatic heterocycles. The van der Waals surface area contributed by atoms with Crippen molar-refractivity contribution in [2.24, 2.45) is 5.11 Å². The molecule has 10 atom stereocenters. The number of carbonyl (C=O) groups is 3. The van der Waals surface area contributed by atoms with Gasteiger partial charge in [0.05, 0.1) is 47.3 Å². The highest BCUT2D eigenvalue weighted by atomic mass is 16.8. The van der Waals surface area contributed by atoms with Gasteiger partial charge in [0.2, 0.25) is 6.29 Å². The third-order valence-electron chi connectivity index (χ3n) is 10.2. The Morgan fingerprint density at radius 3 is 1.65 bits per heavy atom. The first-order valence-electron chi connectivity index (χ1n) is 20.3. The molecule has 63 heavy (non-hydrogen) atoms. The molecule has 0 N–H and O–H groups in total. The van der Waals surface area contributed by atoms with E-state index in [1.807, 2.05) is 103 Å². The first-order chi connectivity index (χ1) is 30.7. The highest BCUT2D eigenvalue weighted by molar-refractivity contribution is 5.76. The molecule has 2 aliphatic rings. The molecule has 17 nitrogen and oxygen atoms in total. The highest BCUT2D eigenvalue weighted by Gasteiger charge is 2.57. The zero-order valence-electron chi connectivity index (χ0n) is 35.3. The minimum atomic E-state index is -1.66. The van der Waals surface area contributed by atoms with Crippen LogP contribution in [-0.2, 0) is 88.2 Å². The summed E-state index contributed by atoms with van der Waals surface area (Å²) in [5.74, 6) is -1.84. The maximum Gasteiger partial charge on any atom is 0.338 e. The van der Waals surface area contributed by atoms with Crippen LogP contribution in [0.4, 0.5) is 0 Å². The number of carbonyl (C=O) groups excluding carboxylic acids is 3. The molecule has 0 radical (unpaired) electrons. The average Bonchev–Trinajstić information content (AvgIpc) is 3.29. The molecular weight excluding hydrogens is 819 g/mol. The van der Waals surface area contributed by atoms with E-state index in [9.17, 15) is 19.9 Å². The molecule has 6 rings (SSSR count). The fourth-order valence-corrected chi connectivity index (χ4v) is 7.21. The normalized spacial score (nSPS) is 25.5. The molecule has 0 unspecified atom stereocenters. The lowest BCUT2D eigenvalue weighted by atomic mass is 9.95. The first-order valence-corrected chi connectivity index (χ1v) is 20.3. The Morgan fingerprint density at radius 1 is 0.603 bits per heavy atom. The SMILES string of the molecule is COC(=O)[C@@H]1O[C@H](OC(C)=O)[C@H](OC(C)=O)[C@@H](OCc2ccccc2)[C@@H]1O[C@H]1O[C@H](COCc2ccccc2)[C@@H](OCc2ccc(OC)cc2)[C@H](OCc2ccccc2)[C@H]1N=[N+]=[N-]. The van der Waals surface area contributed by atoms with Crippen LogP contribution < -0.4 is 4.74 Å². The van der Waals surface area contributed by atoms with E-state index in [0.717, 1.165) is 37.6 Å². The summed E-state index contributed by atoms with van der Waals surface area (Å²) in [4.78, 5) is 41.8. The fourth-order valence-electron chi connectivity index (χ4n) is 7.21. The van der Waals surface area contributed by atoms with Crippen LogP contribution in [0.3, 0.4) is 0 Å². The van der Waals surface area contributed by atoms with Gasteiger partial charge >= 0.3 is 17.9 Å². The molecule has 0 saturated carbocycles. The topological polar surface area (TPSA) is 201 Å². The lowest BCUT2D eigenvalue weighted by Gasteiger charge is -2.48. The van der Waals surface area contributed by atoms with Gasteiger partial charge in [0, 0.05) is 18.8 Å². The van der Waals surface area contributed by atoms with Crippen LogP contribution in [0.2, 0.25) is 0 Å². The van der Waals surface area contributed by atoms with Crippen LogP contribution >= 0.6 is 0 Å². The summed E-state index contributed by atoms with van der Waals surface area (Å²) in [5.41, 5.74) is 13.3. The summed E-state index contributed by atoms with van der Waals surface area (Å²) in [6, 6.07) is 34.0. The molecular formula is C46H51N3O14. The number of azide groups is 1. The molecule has 0 spiro atoms. The molecule has 334 valence electrons. The van der Waals surface area contributed by atoms with Gasteiger partial charge in [-0.1, -0.05) is 108 Å². The van der Waals surface area contributed by atoms with Crippen LogP contribution in [-0.4, -0.2) is 100 Å². The Morgan fingerprint density at radius 2 is 1.13 bits per heavy atom. The van der Waals surface area contributed by atoms with Gasteiger partial charge in [-0.15, -0.1) is 0 Å². The van der Waals surface area contributed by atoms with E-state index in [4.69, 9.17) is 52.1 Å². The standard InChI is InChI=1S/C46H51N3O14/c1-29(50)59-43-40(58-26-33-18-12-7-13-19-33)41(42(44(52)54-4)63-46(43)60-30(2)51)62-45-37(48-49-47)39(57-25-32-16-10-6-11-17-32)38(56-27-34-20-22-35(53-3)23-21-34)36(61-45)28-55-24-31-14-8-5-9-15-31/h5-23,36-43,45-46H,24-28H2,1-4H3/t36-,37-,38-,39-,40+,41+,42-,43-,45-,46+/m1/s1. The lowest BCUT2D eigenvalue weighted by molar-refractivity contribution is -0.346.